The van der Waals surface area contributed by atoms with Crippen LogP contribution in [0.1, 0.15) is 20.7 Å². The molecular weight excluding hydrogens is 331 g/mol. The van der Waals surface area contributed by atoms with Gasteiger partial charge in [-0.3, -0.25) is 9.59 Å². The molecular formula is C13H11FN2O4S2. The summed E-state index contributed by atoms with van der Waals surface area (Å²) in [4.78, 5) is 23.4. The number of nitrogens with two attached hydrogens (primary N) is 1. The van der Waals surface area contributed by atoms with Crippen LogP contribution >= 0.6 is 11.3 Å². The smallest absolute Gasteiger partial charge is 0.259 e. The van der Waals surface area contributed by atoms with Gasteiger partial charge in [0.25, 0.3) is 11.8 Å². The van der Waals surface area contributed by atoms with Gasteiger partial charge in [-0.25, -0.2) is 12.8 Å². The first-order valence-electron chi connectivity index (χ1n) is 5.89. The quantitative estimate of drug-likeness (QED) is 0.881. The van der Waals surface area contributed by atoms with Crippen LogP contribution in [0.25, 0.3) is 0 Å². The normalized spacial score (nSPS) is 11.2. The number of thiophene rings is 1. The van der Waals surface area contributed by atoms with E-state index in [1.54, 1.807) is 0 Å². The minimum Gasteiger partial charge on any atom is -0.366 e. The summed E-state index contributed by atoms with van der Waals surface area (Å²) >= 11 is 0.680. The highest BCUT2D eigenvalue weighted by Gasteiger charge is 2.21. The highest BCUT2D eigenvalue weighted by atomic mass is 32.2. The van der Waals surface area contributed by atoms with Gasteiger partial charge in [-0.05, 0) is 18.2 Å². The predicted octanol–water partition coefficient (Wildman–Crippen LogP) is 1.64. The fraction of sp³-hybridized carbons (Fsp3) is 0.0769. The van der Waals surface area contributed by atoms with Crippen LogP contribution < -0.4 is 11.1 Å². The molecule has 22 heavy (non-hydrogen) atoms. The summed E-state index contributed by atoms with van der Waals surface area (Å²) < 4.78 is 36.5. The van der Waals surface area contributed by atoms with Crippen LogP contribution in [0.15, 0.2) is 34.5 Å². The molecule has 0 aliphatic heterocycles. The Hall–Kier alpha value is -2.26. The number of primary amides is 1. The molecule has 0 fully saturated rings. The maximum absolute atomic E-state index is 13.6. The maximum Gasteiger partial charge on any atom is 0.259 e. The first-order chi connectivity index (χ1) is 10.2. The number of carbonyl (C=O) groups is 2. The Balaban J connectivity index is 2.41. The van der Waals surface area contributed by atoms with E-state index in [4.69, 9.17) is 5.73 Å². The third-order valence-corrected chi connectivity index (χ3v) is 5.54. The first-order valence-corrected chi connectivity index (χ1v) is 8.60. The molecule has 9 heteroatoms. The molecule has 1 aromatic heterocycles. The average molecular weight is 342 g/mol. The second kappa shape index (κ2) is 5.85. The number of rotatable bonds is 4. The highest BCUT2D eigenvalue weighted by molar-refractivity contribution is 7.92. The lowest BCUT2D eigenvalue weighted by Crippen LogP contribution is -2.17. The number of hydrogen-bond acceptors (Lipinski definition) is 5. The lowest BCUT2D eigenvalue weighted by molar-refractivity contribution is 0.100. The van der Waals surface area contributed by atoms with Gasteiger partial charge in [-0.2, -0.15) is 0 Å². The second-order valence-corrected chi connectivity index (χ2v) is 7.67. The van der Waals surface area contributed by atoms with E-state index in [9.17, 15) is 22.4 Å². The zero-order valence-corrected chi connectivity index (χ0v) is 12.9. The molecule has 2 aromatic rings. The minimum absolute atomic E-state index is 0.0406. The topological polar surface area (TPSA) is 106 Å². The van der Waals surface area contributed by atoms with Crippen LogP contribution in [-0.2, 0) is 9.84 Å². The van der Waals surface area contributed by atoms with Crippen molar-refractivity contribution < 1.29 is 22.4 Å². The van der Waals surface area contributed by atoms with E-state index in [2.05, 4.69) is 5.32 Å². The molecule has 116 valence electrons. The summed E-state index contributed by atoms with van der Waals surface area (Å²) in [6, 6.07) is 6.36. The average Bonchev–Trinajstić information content (AvgIpc) is 2.83. The van der Waals surface area contributed by atoms with Gasteiger partial charge >= 0.3 is 0 Å². The summed E-state index contributed by atoms with van der Waals surface area (Å²) in [5, 5.41) is 2.28. The van der Waals surface area contributed by atoms with Crippen LogP contribution in [0.3, 0.4) is 0 Å². The molecule has 0 aliphatic carbocycles. The standard InChI is InChI=1S/C13H11FN2O4S2/c1-22(19,20)10-6-8(11(15)17)13(21-10)16-12(18)7-4-2-3-5-9(7)14/h2-6H,1H3,(H2,15,17)(H,16,18). The summed E-state index contributed by atoms with van der Waals surface area (Å²) in [5.74, 6) is -2.43. The summed E-state index contributed by atoms with van der Waals surface area (Å²) in [7, 11) is -3.56. The van der Waals surface area contributed by atoms with Crippen LogP contribution in [0.4, 0.5) is 9.39 Å². The van der Waals surface area contributed by atoms with Crippen molar-refractivity contribution >= 4 is 38.0 Å². The molecule has 0 spiro atoms. The lowest BCUT2D eigenvalue weighted by Gasteiger charge is -2.05. The highest BCUT2D eigenvalue weighted by Crippen LogP contribution is 2.31. The molecule has 2 amide bonds. The maximum atomic E-state index is 13.6. The number of amides is 2. The molecule has 3 N–H and O–H groups in total. The van der Waals surface area contributed by atoms with Crippen LogP contribution in [0, 0.1) is 5.82 Å². The molecule has 0 unspecified atom stereocenters. The van der Waals surface area contributed by atoms with Crippen molar-refractivity contribution in [3.8, 4) is 0 Å². The number of halogens is 1. The largest absolute Gasteiger partial charge is 0.366 e. The molecule has 6 nitrogen and oxygen atoms in total. The monoisotopic (exact) mass is 342 g/mol. The Morgan fingerprint density at radius 2 is 1.86 bits per heavy atom. The fourth-order valence-electron chi connectivity index (χ4n) is 1.64. The molecule has 0 saturated heterocycles. The molecule has 0 radical (unpaired) electrons. The van der Waals surface area contributed by atoms with Crippen molar-refractivity contribution in [3.05, 3.63) is 47.3 Å². The zero-order chi connectivity index (χ0) is 16.5. The van der Waals surface area contributed by atoms with Crippen molar-refractivity contribution in [2.24, 2.45) is 5.73 Å². The summed E-state index contributed by atoms with van der Waals surface area (Å²) in [6.07, 6.45) is 0.964. The van der Waals surface area contributed by atoms with Crippen LogP contribution in [0.5, 0.6) is 0 Å². The van der Waals surface area contributed by atoms with E-state index < -0.39 is 27.5 Å². The number of anilines is 1. The SMILES string of the molecule is CS(=O)(=O)c1cc(C(N)=O)c(NC(=O)c2ccccc2F)s1. The molecule has 0 atom stereocenters. The van der Waals surface area contributed by atoms with E-state index in [1.165, 1.54) is 18.2 Å². The number of carbonyl (C=O) groups excluding carboxylic acids is 2. The number of hydrogen-bond donors (Lipinski definition) is 2. The van der Waals surface area contributed by atoms with Gasteiger partial charge < -0.3 is 11.1 Å². The number of benzene rings is 1. The molecule has 0 aliphatic rings. The van der Waals surface area contributed by atoms with Crippen molar-refractivity contribution in [3.63, 3.8) is 0 Å². The van der Waals surface area contributed by atoms with E-state index >= 15 is 0 Å². The van der Waals surface area contributed by atoms with Gasteiger partial charge in [-0.1, -0.05) is 12.1 Å². The molecule has 1 aromatic carbocycles. The third-order valence-electron chi connectivity index (χ3n) is 2.69. The first kappa shape index (κ1) is 16.1. The van der Waals surface area contributed by atoms with Crippen molar-refractivity contribution in [1.82, 2.24) is 0 Å². The summed E-state index contributed by atoms with van der Waals surface area (Å²) in [5.41, 5.74) is 4.79. The van der Waals surface area contributed by atoms with Gasteiger partial charge in [0.2, 0.25) is 0 Å². The number of sulfone groups is 1. The van der Waals surface area contributed by atoms with E-state index in [0.717, 1.165) is 18.4 Å². The van der Waals surface area contributed by atoms with Crippen LogP contribution in [0.2, 0.25) is 0 Å². The lowest BCUT2D eigenvalue weighted by atomic mass is 10.2. The van der Waals surface area contributed by atoms with E-state index in [-0.39, 0.29) is 20.3 Å². The second-order valence-electron chi connectivity index (χ2n) is 4.38. The van der Waals surface area contributed by atoms with Crippen molar-refractivity contribution in [2.75, 3.05) is 11.6 Å². The molecule has 0 saturated carbocycles. The van der Waals surface area contributed by atoms with Gasteiger partial charge in [0, 0.05) is 6.26 Å². The summed E-state index contributed by atoms with van der Waals surface area (Å²) in [6.45, 7) is 0. The Morgan fingerprint density at radius 1 is 1.23 bits per heavy atom. The van der Waals surface area contributed by atoms with Crippen molar-refractivity contribution in [2.45, 2.75) is 4.21 Å². The Bertz CT molecular complexity index is 859. The third kappa shape index (κ3) is 3.31. The van der Waals surface area contributed by atoms with Gasteiger partial charge in [0.15, 0.2) is 9.84 Å². The Kier molecular flexibility index (Phi) is 4.29. The van der Waals surface area contributed by atoms with Gasteiger partial charge in [0.1, 0.15) is 15.0 Å². The molecule has 1 heterocycles. The number of nitrogens with one attached hydrogen (secondary N) is 1. The van der Waals surface area contributed by atoms with Gasteiger partial charge in [-0.15, -0.1) is 11.3 Å². The van der Waals surface area contributed by atoms with E-state index in [0.29, 0.717) is 11.3 Å². The Morgan fingerprint density at radius 3 is 2.41 bits per heavy atom. The molecule has 2 rings (SSSR count). The Labute approximate surface area is 129 Å². The van der Waals surface area contributed by atoms with Gasteiger partial charge in [0.05, 0.1) is 11.1 Å². The fourth-order valence-corrected chi connectivity index (χ4v) is 3.62. The zero-order valence-electron chi connectivity index (χ0n) is 11.3. The minimum atomic E-state index is -3.56. The molecule has 0 bridgehead atoms. The predicted molar refractivity (Wildman–Crippen MR) is 80.3 cm³/mol. The van der Waals surface area contributed by atoms with E-state index in [1.807, 2.05) is 0 Å². The van der Waals surface area contributed by atoms with Crippen LogP contribution in [-0.4, -0.2) is 26.5 Å². The van der Waals surface area contributed by atoms with Crippen molar-refractivity contribution in [1.29, 1.82) is 0 Å².